The molecule has 0 rings (SSSR count). The number of hydrogen-bond donors (Lipinski definition) is 0. The van der Waals surface area contributed by atoms with Crippen LogP contribution in [0, 0.1) is 0 Å². The van der Waals surface area contributed by atoms with Crippen LogP contribution in [-0.2, 0) is 19.1 Å². The quantitative estimate of drug-likeness (QED) is 0.513. The number of ether oxygens (including phenoxy) is 2. The Labute approximate surface area is 95.9 Å². The van der Waals surface area contributed by atoms with E-state index in [1.165, 1.54) is 0 Å². The largest absolute Gasteiger partial charge is 0.455 e. The molecule has 0 heterocycles. The van der Waals surface area contributed by atoms with Gasteiger partial charge in [0.1, 0.15) is 11.7 Å². The minimum Gasteiger partial charge on any atom is -0.455 e. The van der Waals surface area contributed by atoms with Gasteiger partial charge < -0.3 is 9.47 Å². The van der Waals surface area contributed by atoms with Crippen LogP contribution in [-0.4, -0.2) is 23.6 Å². The van der Waals surface area contributed by atoms with Gasteiger partial charge >= 0.3 is 11.9 Å². The van der Waals surface area contributed by atoms with Crippen LogP contribution in [0.2, 0.25) is 0 Å². The summed E-state index contributed by atoms with van der Waals surface area (Å²) in [5.41, 5.74) is -0.890. The summed E-state index contributed by atoms with van der Waals surface area (Å²) in [7, 11) is 0. The summed E-state index contributed by atoms with van der Waals surface area (Å²) in [5.74, 6) is -1.08. The SMILES string of the molecule is C=CC(=O)OC(CC)C(C)(C)OC(=O)C=C. The van der Waals surface area contributed by atoms with Gasteiger partial charge in [0.2, 0.25) is 0 Å². The van der Waals surface area contributed by atoms with E-state index >= 15 is 0 Å². The van der Waals surface area contributed by atoms with E-state index in [4.69, 9.17) is 9.47 Å². The monoisotopic (exact) mass is 226 g/mol. The maximum absolute atomic E-state index is 11.1. The molecule has 0 N–H and O–H groups in total. The van der Waals surface area contributed by atoms with Gasteiger partial charge in [-0.1, -0.05) is 20.1 Å². The van der Waals surface area contributed by atoms with Crippen LogP contribution in [0.5, 0.6) is 0 Å². The summed E-state index contributed by atoms with van der Waals surface area (Å²) in [6, 6.07) is 0. The molecular weight excluding hydrogens is 208 g/mol. The zero-order valence-electron chi connectivity index (χ0n) is 9.99. The van der Waals surface area contributed by atoms with Crippen LogP contribution in [0.3, 0.4) is 0 Å². The van der Waals surface area contributed by atoms with E-state index in [2.05, 4.69) is 13.2 Å². The number of esters is 2. The predicted molar refractivity (Wildman–Crippen MR) is 60.7 cm³/mol. The lowest BCUT2D eigenvalue weighted by atomic mass is 9.99. The molecule has 4 heteroatoms. The fourth-order valence-electron chi connectivity index (χ4n) is 1.27. The molecule has 16 heavy (non-hydrogen) atoms. The van der Waals surface area contributed by atoms with Crippen molar-refractivity contribution in [2.24, 2.45) is 0 Å². The molecule has 0 spiro atoms. The average molecular weight is 226 g/mol. The first-order chi connectivity index (χ1) is 7.37. The van der Waals surface area contributed by atoms with Crippen molar-refractivity contribution < 1.29 is 19.1 Å². The average Bonchev–Trinajstić information content (AvgIpc) is 2.24. The summed E-state index contributed by atoms with van der Waals surface area (Å²) in [5, 5.41) is 0. The second kappa shape index (κ2) is 6.10. The van der Waals surface area contributed by atoms with Crippen LogP contribution < -0.4 is 0 Å². The van der Waals surface area contributed by atoms with Crippen molar-refractivity contribution in [1.82, 2.24) is 0 Å². The highest BCUT2D eigenvalue weighted by Gasteiger charge is 2.34. The highest BCUT2D eigenvalue weighted by molar-refractivity contribution is 5.82. The number of rotatable bonds is 6. The van der Waals surface area contributed by atoms with E-state index in [-0.39, 0.29) is 0 Å². The minimum atomic E-state index is -0.890. The zero-order chi connectivity index (χ0) is 12.8. The van der Waals surface area contributed by atoms with Gasteiger partial charge in [-0.25, -0.2) is 9.59 Å². The molecule has 0 saturated carbocycles. The molecule has 0 fully saturated rings. The molecular formula is C12H18O4. The molecule has 0 amide bonds. The standard InChI is InChI=1S/C12H18O4/c1-6-9(15-10(13)7-2)12(4,5)16-11(14)8-3/h7-9H,2-3,6H2,1,4-5H3. The number of carbonyl (C=O) groups excluding carboxylic acids is 2. The first kappa shape index (κ1) is 14.4. The van der Waals surface area contributed by atoms with Crippen LogP contribution in [0.4, 0.5) is 0 Å². The molecule has 4 nitrogen and oxygen atoms in total. The summed E-state index contributed by atoms with van der Waals surface area (Å²) in [4.78, 5) is 22.2. The van der Waals surface area contributed by atoms with Crippen molar-refractivity contribution in [1.29, 1.82) is 0 Å². The van der Waals surface area contributed by atoms with Crippen molar-refractivity contribution in [3.8, 4) is 0 Å². The third-order valence-electron chi connectivity index (χ3n) is 2.10. The number of hydrogen-bond acceptors (Lipinski definition) is 4. The highest BCUT2D eigenvalue weighted by atomic mass is 16.6. The Hall–Kier alpha value is -1.58. The van der Waals surface area contributed by atoms with Crippen LogP contribution in [0.25, 0.3) is 0 Å². The molecule has 0 radical (unpaired) electrons. The fraction of sp³-hybridized carbons (Fsp3) is 0.500. The molecule has 90 valence electrons. The van der Waals surface area contributed by atoms with E-state index < -0.39 is 23.6 Å². The third kappa shape index (κ3) is 4.29. The molecule has 0 aromatic carbocycles. The lowest BCUT2D eigenvalue weighted by Gasteiger charge is -2.32. The van der Waals surface area contributed by atoms with Crippen molar-refractivity contribution in [2.75, 3.05) is 0 Å². The van der Waals surface area contributed by atoms with Gasteiger partial charge in [0.25, 0.3) is 0 Å². The van der Waals surface area contributed by atoms with Gasteiger partial charge in [0.15, 0.2) is 0 Å². The highest BCUT2D eigenvalue weighted by Crippen LogP contribution is 2.21. The molecule has 0 saturated heterocycles. The first-order valence-corrected chi connectivity index (χ1v) is 5.05. The van der Waals surface area contributed by atoms with Crippen molar-refractivity contribution in [3.63, 3.8) is 0 Å². The Bertz CT molecular complexity index is 291. The van der Waals surface area contributed by atoms with Crippen molar-refractivity contribution in [2.45, 2.75) is 38.9 Å². The normalized spacial score (nSPS) is 12.4. The predicted octanol–water partition coefficient (Wildman–Crippen LogP) is 2.00. The Morgan fingerprint density at radius 2 is 1.75 bits per heavy atom. The van der Waals surface area contributed by atoms with Gasteiger partial charge in [-0.2, -0.15) is 0 Å². The Morgan fingerprint density at radius 3 is 2.12 bits per heavy atom. The summed E-state index contributed by atoms with van der Waals surface area (Å²) in [6.07, 6.45) is 2.18. The molecule has 0 bridgehead atoms. The van der Waals surface area contributed by atoms with Crippen molar-refractivity contribution >= 4 is 11.9 Å². The fourth-order valence-corrected chi connectivity index (χ4v) is 1.27. The van der Waals surface area contributed by atoms with Gasteiger partial charge in [0.05, 0.1) is 0 Å². The van der Waals surface area contributed by atoms with Crippen LogP contribution in [0.1, 0.15) is 27.2 Å². The van der Waals surface area contributed by atoms with Crippen LogP contribution in [0.15, 0.2) is 25.3 Å². The Morgan fingerprint density at radius 1 is 1.25 bits per heavy atom. The lowest BCUT2D eigenvalue weighted by molar-refractivity contribution is -0.174. The van der Waals surface area contributed by atoms with E-state index in [1.54, 1.807) is 13.8 Å². The maximum atomic E-state index is 11.1. The Balaban J connectivity index is 4.64. The molecule has 0 aromatic rings. The molecule has 0 aliphatic heterocycles. The molecule has 0 aromatic heterocycles. The summed E-state index contributed by atoms with van der Waals surface area (Å²) < 4.78 is 10.2. The van der Waals surface area contributed by atoms with E-state index in [9.17, 15) is 9.59 Å². The number of carbonyl (C=O) groups is 2. The third-order valence-corrected chi connectivity index (χ3v) is 2.10. The molecule has 0 aliphatic carbocycles. The lowest BCUT2D eigenvalue weighted by Crippen LogP contribution is -2.42. The van der Waals surface area contributed by atoms with E-state index in [1.807, 2.05) is 6.92 Å². The summed E-state index contributed by atoms with van der Waals surface area (Å²) in [6.45, 7) is 11.8. The molecule has 1 atom stereocenters. The van der Waals surface area contributed by atoms with Gasteiger partial charge in [-0.3, -0.25) is 0 Å². The van der Waals surface area contributed by atoms with Gasteiger partial charge in [-0.15, -0.1) is 0 Å². The molecule has 1 unspecified atom stereocenters. The van der Waals surface area contributed by atoms with Crippen molar-refractivity contribution in [3.05, 3.63) is 25.3 Å². The van der Waals surface area contributed by atoms with E-state index in [0.717, 1.165) is 12.2 Å². The second-order valence-corrected chi connectivity index (χ2v) is 3.77. The first-order valence-electron chi connectivity index (χ1n) is 5.05. The van der Waals surface area contributed by atoms with E-state index in [0.29, 0.717) is 6.42 Å². The van der Waals surface area contributed by atoms with Gasteiger partial charge in [0, 0.05) is 12.2 Å². The maximum Gasteiger partial charge on any atom is 0.330 e. The topological polar surface area (TPSA) is 52.6 Å². The zero-order valence-corrected chi connectivity index (χ0v) is 9.99. The Kier molecular flexibility index (Phi) is 5.50. The van der Waals surface area contributed by atoms with Crippen LogP contribution >= 0.6 is 0 Å². The molecule has 0 aliphatic rings. The second-order valence-electron chi connectivity index (χ2n) is 3.77. The smallest absolute Gasteiger partial charge is 0.330 e. The minimum absolute atomic E-state index is 0.512. The van der Waals surface area contributed by atoms with Gasteiger partial charge in [-0.05, 0) is 20.3 Å². The summed E-state index contributed by atoms with van der Waals surface area (Å²) >= 11 is 0.